The summed E-state index contributed by atoms with van der Waals surface area (Å²) in [4.78, 5) is 45.6. The second-order valence-corrected chi connectivity index (χ2v) is 7.13. The van der Waals surface area contributed by atoms with Crippen LogP contribution in [0.4, 0.5) is 0 Å². The number of benzene rings is 2. The fourth-order valence-corrected chi connectivity index (χ4v) is 2.74. The number of hydrogen-bond acceptors (Lipinski definition) is 12. The van der Waals surface area contributed by atoms with Crippen molar-refractivity contribution in [3.8, 4) is 23.0 Å². The number of ether oxygens (including phenoxy) is 2. The Balaban J connectivity index is 1.52. The topological polar surface area (TPSA) is 216 Å². The Morgan fingerprint density at radius 3 is 1.39 bits per heavy atom. The van der Waals surface area contributed by atoms with Gasteiger partial charge in [0, 0.05) is 13.1 Å². The highest BCUT2D eigenvalue weighted by atomic mass is 16.5. The molecule has 0 aromatic heterocycles. The highest BCUT2D eigenvalue weighted by Crippen LogP contribution is 2.30. The molecule has 14 heteroatoms. The molecule has 0 heterocycles. The minimum Gasteiger partial charge on any atom is -0.504 e. The number of carboxylic acid groups (broad SMARTS) is 2. The zero-order valence-corrected chi connectivity index (χ0v) is 18.9. The molecular weight excluding hydrogens is 480 g/mol. The van der Waals surface area contributed by atoms with Crippen LogP contribution in [0.15, 0.2) is 36.4 Å². The van der Waals surface area contributed by atoms with Crippen LogP contribution in [0.1, 0.15) is 33.6 Å². The van der Waals surface area contributed by atoms with Gasteiger partial charge in [-0.2, -0.15) is 0 Å². The lowest BCUT2D eigenvalue weighted by molar-refractivity contribution is -0.134. The molecule has 0 spiro atoms. The zero-order valence-electron chi connectivity index (χ0n) is 18.9. The van der Waals surface area contributed by atoms with E-state index in [2.05, 4.69) is 21.7 Å². The summed E-state index contributed by atoms with van der Waals surface area (Å²) in [5, 5.41) is 37.5. The predicted octanol–water partition coefficient (Wildman–Crippen LogP) is -0.0262. The van der Waals surface area contributed by atoms with Crippen molar-refractivity contribution in [2.75, 3.05) is 26.2 Å². The van der Waals surface area contributed by atoms with Crippen LogP contribution < -0.4 is 31.2 Å². The first kappa shape index (κ1) is 28.0. The Bertz CT molecular complexity index is 1010. The van der Waals surface area contributed by atoms with Crippen molar-refractivity contribution >= 4 is 23.9 Å². The number of carboxylic acids is 2. The van der Waals surface area contributed by atoms with E-state index in [1.165, 1.54) is 36.4 Å². The van der Waals surface area contributed by atoms with Gasteiger partial charge in [0.25, 0.3) is 0 Å². The van der Waals surface area contributed by atoms with Gasteiger partial charge in [0.15, 0.2) is 23.0 Å². The maximum atomic E-state index is 11.8. The van der Waals surface area contributed by atoms with E-state index in [-0.39, 0.29) is 35.7 Å². The van der Waals surface area contributed by atoms with E-state index in [4.69, 9.17) is 19.7 Å². The van der Waals surface area contributed by atoms with Crippen LogP contribution in [0.3, 0.4) is 0 Å². The van der Waals surface area contributed by atoms with Crippen LogP contribution in [0.5, 0.6) is 23.0 Å². The molecule has 0 saturated heterocycles. The molecule has 0 fully saturated rings. The number of carbonyl (C=O) groups is 4. The summed E-state index contributed by atoms with van der Waals surface area (Å²) >= 11 is 0. The van der Waals surface area contributed by atoms with E-state index in [1.807, 2.05) is 0 Å². The van der Waals surface area contributed by atoms with Gasteiger partial charge >= 0.3 is 23.9 Å². The average Bonchev–Trinajstić information content (AvgIpc) is 2.82. The molecule has 8 N–H and O–H groups in total. The second-order valence-electron chi connectivity index (χ2n) is 7.13. The van der Waals surface area contributed by atoms with Crippen molar-refractivity contribution in [2.45, 2.75) is 12.8 Å². The van der Waals surface area contributed by atoms with Crippen LogP contribution in [0.25, 0.3) is 0 Å². The third kappa shape index (κ3) is 8.84. The SMILES string of the molecule is O=C(CNNCCCCNNCC(=O)Oc1cccc(C(=O)O)c1O)Oc1cccc(C(=O)O)c1O. The number of nitrogens with one attached hydrogen (secondary N) is 4. The van der Waals surface area contributed by atoms with E-state index in [1.54, 1.807) is 0 Å². The van der Waals surface area contributed by atoms with Gasteiger partial charge in [-0.3, -0.25) is 20.4 Å². The number of para-hydroxylation sites is 2. The molecule has 0 aliphatic rings. The number of unbranched alkanes of at least 4 members (excludes halogenated alkanes) is 1. The summed E-state index contributed by atoms with van der Waals surface area (Å²) in [5.74, 6) is -5.94. The normalized spacial score (nSPS) is 10.6. The Hall–Kier alpha value is -4.24. The maximum Gasteiger partial charge on any atom is 0.339 e. The molecule has 194 valence electrons. The minimum absolute atomic E-state index is 0.233. The molecule has 0 atom stereocenters. The molecule has 2 rings (SSSR count). The quantitative estimate of drug-likeness (QED) is 0.0689. The molecule has 14 nitrogen and oxygen atoms in total. The van der Waals surface area contributed by atoms with Crippen molar-refractivity contribution in [3.05, 3.63) is 47.5 Å². The Labute approximate surface area is 204 Å². The standard InChI is InChI=1S/C22H26N4O10/c27-17(35-15-7-3-5-13(19(15)29)21(31)32)11-25-23-9-1-2-10-24-26-12-18(28)36-16-8-4-6-14(20(16)30)22(33)34/h3-8,23-26,29-30H,1-2,9-12H2,(H,31,32)(H,33,34). The highest BCUT2D eigenvalue weighted by Gasteiger charge is 2.17. The Morgan fingerprint density at radius 2 is 1.03 bits per heavy atom. The lowest BCUT2D eigenvalue weighted by Gasteiger charge is -2.10. The zero-order chi connectivity index (χ0) is 26.5. The van der Waals surface area contributed by atoms with Gasteiger partial charge in [0.2, 0.25) is 0 Å². The molecule has 0 bridgehead atoms. The Morgan fingerprint density at radius 1 is 0.639 bits per heavy atom. The lowest BCUT2D eigenvalue weighted by atomic mass is 10.2. The number of carbonyl (C=O) groups excluding carboxylic acids is 2. The number of aromatic hydroxyl groups is 2. The molecule has 0 saturated carbocycles. The first-order valence-corrected chi connectivity index (χ1v) is 10.6. The van der Waals surface area contributed by atoms with Crippen molar-refractivity contribution in [1.29, 1.82) is 0 Å². The molecular formula is C22H26N4O10. The fourth-order valence-electron chi connectivity index (χ4n) is 2.74. The average molecular weight is 506 g/mol. The number of hydrazine groups is 2. The number of phenols is 2. The van der Waals surface area contributed by atoms with Gasteiger partial charge < -0.3 is 29.9 Å². The van der Waals surface area contributed by atoms with Crippen molar-refractivity contribution < 1.29 is 49.1 Å². The van der Waals surface area contributed by atoms with Crippen molar-refractivity contribution in [2.24, 2.45) is 0 Å². The summed E-state index contributed by atoms with van der Waals surface area (Å²) in [6.07, 6.45) is 1.39. The molecule has 0 aliphatic heterocycles. The van der Waals surface area contributed by atoms with Crippen LogP contribution in [0, 0.1) is 0 Å². The first-order chi connectivity index (χ1) is 17.2. The van der Waals surface area contributed by atoms with E-state index in [9.17, 15) is 29.4 Å². The smallest absolute Gasteiger partial charge is 0.339 e. The largest absolute Gasteiger partial charge is 0.504 e. The van der Waals surface area contributed by atoms with Gasteiger partial charge in [-0.15, -0.1) is 0 Å². The van der Waals surface area contributed by atoms with Crippen molar-refractivity contribution in [1.82, 2.24) is 21.7 Å². The summed E-state index contributed by atoms with van der Waals surface area (Å²) < 4.78 is 9.87. The molecule has 0 aliphatic carbocycles. The molecule has 0 amide bonds. The van der Waals surface area contributed by atoms with Crippen molar-refractivity contribution in [3.63, 3.8) is 0 Å². The number of rotatable bonds is 15. The molecule has 36 heavy (non-hydrogen) atoms. The van der Waals surface area contributed by atoms with E-state index in [0.717, 1.165) is 0 Å². The summed E-state index contributed by atoms with van der Waals surface area (Å²) in [6, 6.07) is 7.59. The number of hydrogen-bond donors (Lipinski definition) is 8. The van der Waals surface area contributed by atoms with Gasteiger partial charge in [-0.1, -0.05) is 12.1 Å². The van der Waals surface area contributed by atoms with Gasteiger partial charge in [-0.05, 0) is 37.1 Å². The highest BCUT2D eigenvalue weighted by molar-refractivity contribution is 5.93. The first-order valence-electron chi connectivity index (χ1n) is 10.6. The number of aromatic carboxylic acids is 2. The predicted molar refractivity (Wildman–Crippen MR) is 123 cm³/mol. The van der Waals surface area contributed by atoms with Gasteiger partial charge in [-0.25, -0.2) is 20.4 Å². The van der Waals surface area contributed by atoms with E-state index in [0.29, 0.717) is 25.9 Å². The third-order valence-corrected chi connectivity index (χ3v) is 4.48. The summed E-state index contributed by atoms with van der Waals surface area (Å²) in [6.45, 7) is 0.527. The van der Waals surface area contributed by atoms with E-state index < -0.39 is 35.4 Å². The number of esters is 2. The van der Waals surface area contributed by atoms with Gasteiger partial charge in [0.1, 0.15) is 24.2 Å². The third-order valence-electron chi connectivity index (χ3n) is 4.48. The molecule has 2 aromatic carbocycles. The minimum atomic E-state index is -1.35. The van der Waals surface area contributed by atoms with E-state index >= 15 is 0 Å². The molecule has 0 radical (unpaired) electrons. The summed E-state index contributed by atoms with van der Waals surface area (Å²) in [5.41, 5.74) is 10.1. The van der Waals surface area contributed by atoms with Crippen LogP contribution in [0.2, 0.25) is 0 Å². The molecule has 2 aromatic rings. The summed E-state index contributed by atoms with van der Waals surface area (Å²) in [7, 11) is 0. The maximum absolute atomic E-state index is 11.8. The molecule has 0 unspecified atom stereocenters. The lowest BCUT2D eigenvalue weighted by Crippen LogP contribution is -2.39. The fraction of sp³-hybridized carbons (Fsp3) is 0.273. The van der Waals surface area contributed by atoms with Crippen LogP contribution >= 0.6 is 0 Å². The van der Waals surface area contributed by atoms with Gasteiger partial charge in [0.05, 0.1) is 0 Å². The second kappa shape index (κ2) is 14.2. The monoisotopic (exact) mass is 506 g/mol. The Kier molecular flexibility index (Phi) is 11.1. The van der Waals surface area contributed by atoms with Crippen LogP contribution in [-0.2, 0) is 9.59 Å². The van der Waals surface area contributed by atoms with Crippen LogP contribution in [-0.4, -0.2) is 70.5 Å².